The summed E-state index contributed by atoms with van der Waals surface area (Å²) in [4.78, 5) is 0. The molecular weight excluding hydrogens is 366 g/mol. The Morgan fingerprint density at radius 1 is 0.933 bits per heavy atom. The highest BCUT2D eigenvalue weighted by Gasteiger charge is 2.25. The van der Waals surface area contributed by atoms with Gasteiger partial charge in [-0.25, -0.2) is 0 Å². The van der Waals surface area contributed by atoms with Gasteiger partial charge in [0.25, 0.3) is 0 Å². The summed E-state index contributed by atoms with van der Waals surface area (Å²) in [6.45, 7) is 3.20. The third-order valence-electron chi connectivity index (χ3n) is 7.23. The van der Waals surface area contributed by atoms with Gasteiger partial charge in [-0.05, 0) is 99.5 Å². The van der Waals surface area contributed by atoms with Crippen molar-refractivity contribution in [3.8, 4) is 6.07 Å². The zero-order valence-electron chi connectivity index (χ0n) is 18.8. The van der Waals surface area contributed by atoms with E-state index in [2.05, 4.69) is 37.3 Å². The normalized spacial score (nSPS) is 27.5. The van der Waals surface area contributed by atoms with E-state index in [1.807, 2.05) is 18.2 Å². The van der Waals surface area contributed by atoms with Crippen molar-refractivity contribution in [2.45, 2.75) is 89.6 Å². The van der Waals surface area contributed by atoms with Gasteiger partial charge >= 0.3 is 0 Å². The highest BCUT2D eigenvalue weighted by atomic mass is 16.5. The average Bonchev–Trinajstić information content (AvgIpc) is 2.81. The first-order valence-electron chi connectivity index (χ1n) is 12.2. The van der Waals surface area contributed by atoms with E-state index in [1.54, 1.807) is 5.56 Å². The van der Waals surface area contributed by atoms with E-state index in [4.69, 9.17) is 10.00 Å². The molecule has 2 aliphatic rings. The molecule has 0 bridgehead atoms. The summed E-state index contributed by atoms with van der Waals surface area (Å²) in [5.41, 5.74) is 2.99. The average molecular weight is 406 g/mol. The quantitative estimate of drug-likeness (QED) is 0.314. The second kappa shape index (κ2) is 12.8. The van der Waals surface area contributed by atoms with E-state index in [0.717, 1.165) is 37.2 Å². The molecule has 0 spiro atoms. The number of hydrogen-bond acceptors (Lipinski definition) is 2. The Bertz CT molecular complexity index is 695. The molecule has 0 aromatic heterocycles. The molecule has 0 heterocycles. The van der Waals surface area contributed by atoms with E-state index < -0.39 is 0 Å². The number of ether oxygens (including phenoxy) is 1. The third-order valence-corrected chi connectivity index (χ3v) is 7.23. The number of hydrogen-bond donors (Lipinski definition) is 0. The molecule has 3 rings (SSSR count). The lowest BCUT2D eigenvalue weighted by atomic mass is 9.79. The predicted octanol–water partition coefficient (Wildman–Crippen LogP) is 7.51. The summed E-state index contributed by atoms with van der Waals surface area (Å²) in [6.07, 6.45) is 21.9. The van der Waals surface area contributed by atoms with E-state index in [0.29, 0.717) is 6.10 Å². The molecule has 30 heavy (non-hydrogen) atoms. The molecule has 1 aromatic carbocycles. The topological polar surface area (TPSA) is 33.0 Å². The Balaban J connectivity index is 1.28. The van der Waals surface area contributed by atoms with Crippen molar-refractivity contribution in [1.29, 1.82) is 5.26 Å². The van der Waals surface area contributed by atoms with Crippen LogP contribution in [0.4, 0.5) is 0 Å². The van der Waals surface area contributed by atoms with Crippen LogP contribution in [0.5, 0.6) is 0 Å². The monoisotopic (exact) mass is 405 g/mol. The van der Waals surface area contributed by atoms with Gasteiger partial charge in [0, 0.05) is 12.7 Å². The van der Waals surface area contributed by atoms with Crippen LogP contribution in [0.15, 0.2) is 48.6 Å². The molecule has 0 atom stereocenters. The van der Waals surface area contributed by atoms with E-state index in [-0.39, 0.29) is 0 Å². The smallest absolute Gasteiger partial charge is 0.0912 e. The van der Waals surface area contributed by atoms with Crippen LogP contribution in [0.1, 0.15) is 88.2 Å². The minimum Gasteiger partial charge on any atom is -0.378 e. The molecule has 0 amide bonds. The third kappa shape index (κ3) is 7.44. The second-order valence-electron chi connectivity index (χ2n) is 9.28. The summed E-state index contributed by atoms with van der Waals surface area (Å²) in [6, 6.07) is 11.4. The molecule has 0 radical (unpaired) electrons. The molecule has 0 unspecified atom stereocenters. The first-order valence-corrected chi connectivity index (χ1v) is 12.2. The fourth-order valence-electron chi connectivity index (χ4n) is 5.15. The molecule has 2 aliphatic carbocycles. The van der Waals surface area contributed by atoms with Gasteiger partial charge in [-0.2, -0.15) is 5.26 Å². The van der Waals surface area contributed by atoms with Crippen molar-refractivity contribution in [2.24, 2.45) is 11.8 Å². The van der Waals surface area contributed by atoms with Crippen molar-refractivity contribution >= 4 is 0 Å². The minimum absolute atomic E-state index is 0.495. The molecule has 0 N–H and O–H groups in total. The lowest BCUT2D eigenvalue weighted by molar-refractivity contribution is -0.00824. The van der Waals surface area contributed by atoms with Crippen LogP contribution in [0.25, 0.3) is 0 Å². The largest absolute Gasteiger partial charge is 0.378 e. The number of nitrogens with zero attached hydrogens (tertiary/aromatic N) is 1. The van der Waals surface area contributed by atoms with E-state index >= 15 is 0 Å². The first kappa shape index (κ1) is 22.8. The van der Waals surface area contributed by atoms with E-state index in [9.17, 15) is 0 Å². The number of aryl methyl sites for hydroxylation is 1. The molecule has 162 valence electrons. The van der Waals surface area contributed by atoms with Gasteiger partial charge in [-0.3, -0.25) is 0 Å². The van der Waals surface area contributed by atoms with Crippen LogP contribution in [0.3, 0.4) is 0 Å². The van der Waals surface area contributed by atoms with Gasteiger partial charge in [-0.1, -0.05) is 49.4 Å². The molecule has 2 fully saturated rings. The predicted molar refractivity (Wildman–Crippen MR) is 125 cm³/mol. The van der Waals surface area contributed by atoms with E-state index in [1.165, 1.54) is 69.4 Å². The summed E-state index contributed by atoms with van der Waals surface area (Å²) >= 11 is 0. The van der Waals surface area contributed by atoms with Crippen molar-refractivity contribution in [1.82, 2.24) is 0 Å². The fourth-order valence-corrected chi connectivity index (χ4v) is 5.15. The molecule has 0 aliphatic heterocycles. The molecule has 2 nitrogen and oxygen atoms in total. The molecule has 0 saturated heterocycles. The van der Waals surface area contributed by atoms with Gasteiger partial charge in [0.1, 0.15) is 0 Å². The standard InChI is InChI=1S/C28H39NO/c1-2-23-9-15-26(16-10-23)27-17-11-25(12-18-27)22-30-28-19-13-24(14-20-28)8-6-4-3-5-7-21-29/h3-5,7,9-10,15-16,24-25,27-28H,2,6,8,11-14,17-20,22H2,1H3/b4-3+,7-5+/t24-,25-,27-,28-. The highest BCUT2D eigenvalue weighted by Crippen LogP contribution is 2.37. The van der Waals surface area contributed by atoms with Gasteiger partial charge in [-0.15, -0.1) is 0 Å². The Morgan fingerprint density at radius 3 is 2.30 bits per heavy atom. The maximum atomic E-state index is 8.47. The molecule has 2 heteroatoms. The highest BCUT2D eigenvalue weighted by molar-refractivity contribution is 5.25. The van der Waals surface area contributed by atoms with Crippen molar-refractivity contribution in [3.63, 3.8) is 0 Å². The molecule has 2 saturated carbocycles. The molecular formula is C28H39NO. The van der Waals surface area contributed by atoms with Crippen LogP contribution in [0.2, 0.25) is 0 Å². The zero-order chi connectivity index (χ0) is 21.0. The van der Waals surface area contributed by atoms with Crippen molar-refractivity contribution in [3.05, 3.63) is 59.7 Å². The lowest BCUT2D eigenvalue weighted by Gasteiger charge is -2.32. The molecule has 1 aromatic rings. The second-order valence-corrected chi connectivity index (χ2v) is 9.28. The Labute approximate surface area is 184 Å². The zero-order valence-corrected chi connectivity index (χ0v) is 18.8. The Kier molecular flexibility index (Phi) is 9.71. The SMILES string of the molecule is CCc1ccc([C@H]2CC[C@H](CO[C@H]3CC[C@H](CC/C=C/C=C/C#N)CC3)CC2)cc1. The van der Waals surface area contributed by atoms with Crippen LogP contribution in [-0.4, -0.2) is 12.7 Å². The number of rotatable bonds is 9. The van der Waals surface area contributed by atoms with Crippen molar-refractivity contribution < 1.29 is 4.74 Å². The summed E-state index contributed by atoms with van der Waals surface area (Å²) < 4.78 is 6.36. The Morgan fingerprint density at radius 2 is 1.63 bits per heavy atom. The maximum Gasteiger partial charge on any atom is 0.0912 e. The van der Waals surface area contributed by atoms with Crippen LogP contribution < -0.4 is 0 Å². The van der Waals surface area contributed by atoms with Crippen molar-refractivity contribution in [2.75, 3.05) is 6.61 Å². The van der Waals surface area contributed by atoms with Gasteiger partial charge in [0.15, 0.2) is 0 Å². The summed E-state index contributed by atoms with van der Waals surface area (Å²) in [5.74, 6) is 2.37. The fraction of sp³-hybridized carbons (Fsp3) is 0.607. The maximum absolute atomic E-state index is 8.47. The van der Waals surface area contributed by atoms with Gasteiger partial charge in [0.2, 0.25) is 0 Å². The van der Waals surface area contributed by atoms with Crippen LogP contribution >= 0.6 is 0 Å². The van der Waals surface area contributed by atoms with Crippen LogP contribution in [-0.2, 0) is 11.2 Å². The number of allylic oxidation sites excluding steroid dienone is 4. The lowest BCUT2D eigenvalue weighted by Crippen LogP contribution is -2.25. The summed E-state index contributed by atoms with van der Waals surface area (Å²) in [5, 5.41) is 8.47. The minimum atomic E-state index is 0.495. The first-order chi connectivity index (χ1) is 14.8. The number of nitriles is 1. The van der Waals surface area contributed by atoms with Crippen LogP contribution in [0, 0.1) is 23.2 Å². The van der Waals surface area contributed by atoms with Gasteiger partial charge < -0.3 is 4.74 Å². The van der Waals surface area contributed by atoms with Gasteiger partial charge in [0.05, 0.1) is 12.2 Å². The Hall–Kier alpha value is -1.85. The number of benzene rings is 1. The summed E-state index contributed by atoms with van der Waals surface area (Å²) in [7, 11) is 0.